The number of hydrogen-bond acceptors (Lipinski definition) is 2. The van der Waals surface area contributed by atoms with Crippen LogP contribution in [0.25, 0.3) is 10.9 Å². The largest absolute Gasteiger partial charge is 0.370 e. The van der Waals surface area contributed by atoms with Crippen LogP contribution in [0, 0.1) is 13.8 Å². The average molecular weight is 334 g/mol. The third-order valence-electron chi connectivity index (χ3n) is 5.08. The molecule has 3 aromatic rings. The Morgan fingerprint density at radius 2 is 1.96 bits per heavy atom. The SMILES string of the molecule is Cc1[nH]c2ccc(C(=O)N3CCOC(c4ccccc4)C3)cc2c1C. The summed E-state index contributed by atoms with van der Waals surface area (Å²) >= 11 is 0. The summed E-state index contributed by atoms with van der Waals surface area (Å²) in [5.74, 6) is 0.0735. The maximum absolute atomic E-state index is 13.0. The van der Waals surface area contributed by atoms with Crippen LogP contribution in [-0.4, -0.2) is 35.5 Å². The predicted octanol–water partition coefficient (Wildman–Crippen LogP) is 4.00. The third-order valence-corrected chi connectivity index (χ3v) is 5.08. The molecular weight excluding hydrogens is 312 g/mol. The number of H-pyrrole nitrogens is 1. The first-order chi connectivity index (χ1) is 12.1. The fourth-order valence-electron chi connectivity index (χ4n) is 3.48. The van der Waals surface area contributed by atoms with Crippen LogP contribution in [-0.2, 0) is 4.74 Å². The van der Waals surface area contributed by atoms with Crippen molar-refractivity contribution in [2.75, 3.05) is 19.7 Å². The molecule has 0 bridgehead atoms. The van der Waals surface area contributed by atoms with E-state index in [1.54, 1.807) is 0 Å². The van der Waals surface area contributed by atoms with Crippen molar-refractivity contribution in [2.24, 2.45) is 0 Å². The number of hydrogen-bond donors (Lipinski definition) is 1. The Kier molecular flexibility index (Phi) is 4.06. The molecule has 1 amide bonds. The van der Waals surface area contributed by atoms with Gasteiger partial charge in [-0.25, -0.2) is 0 Å². The van der Waals surface area contributed by atoms with Crippen LogP contribution in [0.2, 0.25) is 0 Å². The van der Waals surface area contributed by atoms with Crippen molar-refractivity contribution >= 4 is 16.8 Å². The zero-order valence-corrected chi connectivity index (χ0v) is 14.6. The number of carbonyl (C=O) groups is 1. The van der Waals surface area contributed by atoms with Crippen LogP contribution >= 0.6 is 0 Å². The molecule has 4 heteroatoms. The van der Waals surface area contributed by atoms with Gasteiger partial charge in [0.2, 0.25) is 0 Å². The molecule has 2 heterocycles. The van der Waals surface area contributed by atoms with Gasteiger partial charge in [-0.15, -0.1) is 0 Å². The molecule has 0 saturated carbocycles. The Hall–Kier alpha value is -2.59. The highest BCUT2D eigenvalue weighted by Crippen LogP contribution is 2.26. The van der Waals surface area contributed by atoms with Gasteiger partial charge in [-0.1, -0.05) is 30.3 Å². The monoisotopic (exact) mass is 334 g/mol. The first-order valence-corrected chi connectivity index (χ1v) is 8.68. The first-order valence-electron chi connectivity index (χ1n) is 8.68. The predicted molar refractivity (Wildman–Crippen MR) is 98.8 cm³/mol. The van der Waals surface area contributed by atoms with Gasteiger partial charge in [0, 0.05) is 28.7 Å². The van der Waals surface area contributed by atoms with Gasteiger partial charge in [-0.05, 0) is 43.2 Å². The summed E-state index contributed by atoms with van der Waals surface area (Å²) in [7, 11) is 0. The van der Waals surface area contributed by atoms with Crippen molar-refractivity contribution < 1.29 is 9.53 Å². The Morgan fingerprint density at radius 3 is 2.76 bits per heavy atom. The Balaban J connectivity index is 1.59. The molecule has 1 atom stereocenters. The van der Waals surface area contributed by atoms with E-state index in [-0.39, 0.29) is 12.0 Å². The van der Waals surface area contributed by atoms with Gasteiger partial charge in [0.15, 0.2) is 0 Å². The fourth-order valence-corrected chi connectivity index (χ4v) is 3.48. The molecule has 0 aliphatic carbocycles. The van der Waals surface area contributed by atoms with E-state index in [4.69, 9.17) is 4.74 Å². The van der Waals surface area contributed by atoms with Crippen LogP contribution in [0.3, 0.4) is 0 Å². The molecular formula is C21H22N2O2. The lowest BCUT2D eigenvalue weighted by atomic mass is 10.1. The summed E-state index contributed by atoms with van der Waals surface area (Å²) in [5, 5.41) is 1.12. The van der Waals surface area contributed by atoms with E-state index in [1.165, 1.54) is 5.56 Å². The van der Waals surface area contributed by atoms with E-state index in [9.17, 15) is 4.79 Å². The Bertz CT molecular complexity index is 914. The van der Waals surface area contributed by atoms with Crippen molar-refractivity contribution in [2.45, 2.75) is 20.0 Å². The lowest BCUT2D eigenvalue weighted by molar-refractivity contribution is -0.0228. The number of morpholine rings is 1. The van der Waals surface area contributed by atoms with Gasteiger partial charge in [-0.3, -0.25) is 4.79 Å². The summed E-state index contributed by atoms with van der Waals surface area (Å²) in [5.41, 5.74) is 5.29. The molecule has 1 unspecified atom stereocenters. The first kappa shape index (κ1) is 15.9. The second-order valence-corrected chi connectivity index (χ2v) is 6.66. The van der Waals surface area contributed by atoms with Crippen molar-refractivity contribution in [1.29, 1.82) is 0 Å². The molecule has 1 aliphatic rings. The minimum Gasteiger partial charge on any atom is -0.370 e. The van der Waals surface area contributed by atoms with E-state index in [1.807, 2.05) is 41.3 Å². The van der Waals surface area contributed by atoms with Crippen LogP contribution < -0.4 is 0 Å². The number of amides is 1. The van der Waals surface area contributed by atoms with Crippen LogP contribution in [0.1, 0.15) is 33.3 Å². The van der Waals surface area contributed by atoms with Gasteiger partial charge in [0.05, 0.1) is 13.2 Å². The minimum atomic E-state index is -0.0566. The number of aromatic amines is 1. The summed E-state index contributed by atoms with van der Waals surface area (Å²) in [6, 6.07) is 16.0. The van der Waals surface area contributed by atoms with E-state index >= 15 is 0 Å². The normalized spacial score (nSPS) is 17.8. The van der Waals surface area contributed by atoms with E-state index in [0.717, 1.165) is 27.7 Å². The number of carbonyl (C=O) groups excluding carboxylic acids is 1. The summed E-state index contributed by atoms with van der Waals surface area (Å²) in [6.45, 7) is 5.93. The number of benzene rings is 2. The maximum atomic E-state index is 13.0. The molecule has 1 aromatic heterocycles. The lowest BCUT2D eigenvalue weighted by Crippen LogP contribution is -2.42. The molecule has 0 radical (unpaired) electrons. The lowest BCUT2D eigenvalue weighted by Gasteiger charge is -2.33. The quantitative estimate of drug-likeness (QED) is 0.770. The van der Waals surface area contributed by atoms with E-state index in [2.05, 4.69) is 31.0 Å². The van der Waals surface area contributed by atoms with Gasteiger partial charge in [-0.2, -0.15) is 0 Å². The van der Waals surface area contributed by atoms with Crippen LogP contribution in [0.5, 0.6) is 0 Å². The highest BCUT2D eigenvalue weighted by Gasteiger charge is 2.26. The van der Waals surface area contributed by atoms with Crippen molar-refractivity contribution in [3.05, 3.63) is 70.9 Å². The topological polar surface area (TPSA) is 45.3 Å². The average Bonchev–Trinajstić information content (AvgIpc) is 2.95. The van der Waals surface area contributed by atoms with E-state index in [0.29, 0.717) is 19.7 Å². The molecule has 1 fully saturated rings. The van der Waals surface area contributed by atoms with Crippen molar-refractivity contribution in [3.63, 3.8) is 0 Å². The number of aryl methyl sites for hydroxylation is 2. The van der Waals surface area contributed by atoms with Crippen LogP contribution in [0.4, 0.5) is 0 Å². The molecule has 1 aliphatic heterocycles. The van der Waals surface area contributed by atoms with Gasteiger partial charge < -0.3 is 14.6 Å². The molecule has 0 spiro atoms. The number of ether oxygens (including phenoxy) is 1. The zero-order valence-electron chi connectivity index (χ0n) is 14.6. The molecule has 2 aromatic carbocycles. The summed E-state index contributed by atoms with van der Waals surface area (Å²) < 4.78 is 5.87. The molecule has 1 N–H and O–H groups in total. The zero-order chi connectivity index (χ0) is 17.4. The number of rotatable bonds is 2. The standard InChI is InChI=1S/C21H22N2O2/c1-14-15(2)22-19-9-8-17(12-18(14)19)21(24)23-10-11-25-20(13-23)16-6-4-3-5-7-16/h3-9,12,20,22H,10-11,13H2,1-2H3. The Morgan fingerprint density at radius 1 is 1.16 bits per heavy atom. The number of aromatic nitrogens is 1. The molecule has 25 heavy (non-hydrogen) atoms. The number of nitrogens with one attached hydrogen (secondary N) is 1. The van der Waals surface area contributed by atoms with E-state index < -0.39 is 0 Å². The number of nitrogens with zero attached hydrogens (tertiary/aromatic N) is 1. The van der Waals surface area contributed by atoms with Gasteiger partial charge in [0.1, 0.15) is 6.10 Å². The molecule has 1 saturated heterocycles. The summed E-state index contributed by atoms with van der Waals surface area (Å²) in [4.78, 5) is 18.3. The smallest absolute Gasteiger partial charge is 0.254 e. The highest BCUT2D eigenvalue weighted by molar-refractivity contribution is 5.99. The third kappa shape index (κ3) is 2.94. The second kappa shape index (κ2) is 6.37. The Labute approximate surface area is 147 Å². The highest BCUT2D eigenvalue weighted by atomic mass is 16.5. The van der Waals surface area contributed by atoms with Gasteiger partial charge >= 0.3 is 0 Å². The fraction of sp³-hybridized carbons (Fsp3) is 0.286. The number of fused-ring (bicyclic) bond motifs is 1. The second-order valence-electron chi connectivity index (χ2n) is 6.66. The molecule has 4 rings (SSSR count). The molecule has 128 valence electrons. The van der Waals surface area contributed by atoms with Crippen LogP contribution in [0.15, 0.2) is 48.5 Å². The molecule has 4 nitrogen and oxygen atoms in total. The van der Waals surface area contributed by atoms with Crippen molar-refractivity contribution in [1.82, 2.24) is 9.88 Å². The van der Waals surface area contributed by atoms with Crippen molar-refractivity contribution in [3.8, 4) is 0 Å². The summed E-state index contributed by atoms with van der Waals surface area (Å²) in [6.07, 6.45) is -0.0566. The maximum Gasteiger partial charge on any atom is 0.254 e. The van der Waals surface area contributed by atoms with Gasteiger partial charge in [0.25, 0.3) is 5.91 Å². The minimum absolute atomic E-state index is 0.0566.